The summed E-state index contributed by atoms with van der Waals surface area (Å²) >= 11 is 0. The Balaban J connectivity index is 2.48. The number of nitrogens with two attached hydrogens (primary N) is 1. The van der Waals surface area contributed by atoms with Crippen LogP contribution < -0.4 is 5.73 Å². The summed E-state index contributed by atoms with van der Waals surface area (Å²) in [5.74, 6) is 0.138. The molecule has 1 heterocycles. The van der Waals surface area contributed by atoms with E-state index in [9.17, 15) is 0 Å². The molecule has 3 N–H and O–H groups in total. The zero-order valence-corrected chi connectivity index (χ0v) is 4.59. The third-order valence-corrected chi connectivity index (χ3v) is 1.13. The fourth-order valence-electron chi connectivity index (χ4n) is 0.691. The molecule has 0 aromatic rings. The first kappa shape index (κ1) is 5.15. The molecule has 0 atom stereocenters. The molecule has 0 unspecified atom stereocenters. The van der Waals surface area contributed by atoms with Crippen LogP contribution in [-0.4, -0.2) is 17.4 Å². The summed E-state index contributed by atoms with van der Waals surface area (Å²) in [5.41, 5.74) is 5.16. The summed E-state index contributed by atoms with van der Waals surface area (Å²) in [4.78, 5) is 1.71. The number of nitrogens with zero attached hydrogens (tertiary/aromatic N) is 1. The second-order valence-electron chi connectivity index (χ2n) is 1.75. The van der Waals surface area contributed by atoms with E-state index in [1.54, 1.807) is 4.90 Å². The molecular weight excluding hydrogens is 102 g/mol. The molecule has 1 aliphatic heterocycles. The third kappa shape index (κ3) is 0.804. The molecule has 44 valence electrons. The van der Waals surface area contributed by atoms with Gasteiger partial charge in [-0.25, -0.2) is 0 Å². The van der Waals surface area contributed by atoms with E-state index in [4.69, 9.17) is 11.1 Å². The van der Waals surface area contributed by atoms with Crippen molar-refractivity contribution in [3.8, 4) is 0 Å². The van der Waals surface area contributed by atoms with Gasteiger partial charge < -0.3 is 10.6 Å². The Morgan fingerprint density at radius 3 is 2.75 bits per heavy atom. The van der Waals surface area contributed by atoms with E-state index in [1.165, 1.54) is 0 Å². The first-order chi connectivity index (χ1) is 3.80. The molecule has 0 saturated heterocycles. The van der Waals surface area contributed by atoms with Gasteiger partial charge in [0.05, 0.1) is 0 Å². The van der Waals surface area contributed by atoms with Crippen LogP contribution in [0.1, 0.15) is 6.42 Å². The van der Waals surface area contributed by atoms with Gasteiger partial charge in [-0.2, -0.15) is 0 Å². The van der Waals surface area contributed by atoms with E-state index in [0.29, 0.717) is 0 Å². The van der Waals surface area contributed by atoms with Gasteiger partial charge in [0.2, 0.25) is 0 Å². The van der Waals surface area contributed by atoms with Crippen LogP contribution >= 0.6 is 0 Å². The highest BCUT2D eigenvalue weighted by Gasteiger charge is 2.04. The number of nitrogens with one attached hydrogen (secondary N) is 1. The summed E-state index contributed by atoms with van der Waals surface area (Å²) in [6.07, 6.45) is 4.85. The maximum atomic E-state index is 6.94. The van der Waals surface area contributed by atoms with Crippen LogP contribution in [0.15, 0.2) is 12.3 Å². The summed E-state index contributed by atoms with van der Waals surface area (Å²) < 4.78 is 0. The van der Waals surface area contributed by atoms with Crippen LogP contribution in [0.25, 0.3) is 0 Å². The lowest BCUT2D eigenvalue weighted by molar-refractivity contribution is 0.591. The average Bonchev–Trinajstić information content (AvgIpc) is 2.12. The highest BCUT2D eigenvalue weighted by Crippen LogP contribution is 2.00. The first-order valence-corrected chi connectivity index (χ1v) is 2.58. The molecule has 0 aliphatic carbocycles. The Morgan fingerprint density at radius 1 is 1.75 bits per heavy atom. The molecule has 8 heavy (non-hydrogen) atoms. The molecule has 0 saturated carbocycles. The zero-order valence-electron chi connectivity index (χ0n) is 4.59. The molecule has 0 spiro atoms. The lowest BCUT2D eigenvalue weighted by atomic mass is 10.5. The normalized spacial score (nSPS) is 17.2. The highest BCUT2D eigenvalue weighted by atomic mass is 15.2. The zero-order chi connectivity index (χ0) is 5.98. The van der Waals surface area contributed by atoms with Crippen molar-refractivity contribution in [2.24, 2.45) is 5.73 Å². The monoisotopic (exact) mass is 111 g/mol. The van der Waals surface area contributed by atoms with Crippen molar-refractivity contribution in [1.82, 2.24) is 4.90 Å². The summed E-state index contributed by atoms with van der Waals surface area (Å²) in [6, 6.07) is 0. The van der Waals surface area contributed by atoms with Gasteiger partial charge in [0.15, 0.2) is 5.96 Å². The van der Waals surface area contributed by atoms with E-state index in [0.717, 1.165) is 13.0 Å². The van der Waals surface area contributed by atoms with Crippen LogP contribution in [0, 0.1) is 5.41 Å². The van der Waals surface area contributed by atoms with Crippen molar-refractivity contribution in [2.75, 3.05) is 6.54 Å². The standard InChI is InChI=1S/C5H9N3/c6-5(7)8-3-1-2-4-8/h1,3H,2,4H2,(H3,6,7). The minimum atomic E-state index is 0.138. The maximum absolute atomic E-state index is 6.94. The molecule has 0 amide bonds. The van der Waals surface area contributed by atoms with Gasteiger partial charge in [-0.05, 0) is 6.42 Å². The van der Waals surface area contributed by atoms with E-state index in [-0.39, 0.29) is 5.96 Å². The largest absolute Gasteiger partial charge is 0.370 e. The van der Waals surface area contributed by atoms with Crippen LogP contribution in [0.5, 0.6) is 0 Å². The second kappa shape index (κ2) is 1.86. The molecule has 1 rings (SSSR count). The molecule has 1 aliphatic rings. The van der Waals surface area contributed by atoms with Gasteiger partial charge in [-0.15, -0.1) is 0 Å². The quantitative estimate of drug-likeness (QED) is 0.344. The summed E-state index contributed by atoms with van der Waals surface area (Å²) in [5, 5.41) is 6.94. The number of hydrogen-bond acceptors (Lipinski definition) is 1. The maximum Gasteiger partial charge on any atom is 0.192 e. The van der Waals surface area contributed by atoms with Gasteiger partial charge in [0.25, 0.3) is 0 Å². The molecule has 0 bridgehead atoms. The van der Waals surface area contributed by atoms with E-state index in [1.807, 2.05) is 12.3 Å². The number of hydrogen-bond donors (Lipinski definition) is 2. The van der Waals surface area contributed by atoms with Crippen LogP contribution in [0.2, 0.25) is 0 Å². The predicted molar refractivity (Wildman–Crippen MR) is 32.4 cm³/mol. The Bertz CT molecular complexity index is 128. The van der Waals surface area contributed by atoms with Crippen molar-refractivity contribution < 1.29 is 0 Å². The van der Waals surface area contributed by atoms with Crippen molar-refractivity contribution in [3.05, 3.63) is 12.3 Å². The second-order valence-corrected chi connectivity index (χ2v) is 1.75. The van der Waals surface area contributed by atoms with Gasteiger partial charge in [0.1, 0.15) is 0 Å². The third-order valence-electron chi connectivity index (χ3n) is 1.13. The highest BCUT2D eigenvalue weighted by molar-refractivity contribution is 5.75. The Labute approximate surface area is 48.3 Å². The molecule has 0 fully saturated rings. The molecule has 0 radical (unpaired) electrons. The minimum absolute atomic E-state index is 0.138. The molecule has 3 nitrogen and oxygen atoms in total. The molecule has 0 aromatic heterocycles. The van der Waals surface area contributed by atoms with Gasteiger partial charge >= 0.3 is 0 Å². The van der Waals surface area contributed by atoms with Crippen molar-refractivity contribution in [2.45, 2.75) is 6.42 Å². The SMILES string of the molecule is N=C(N)N1C=CCC1. The summed E-state index contributed by atoms with van der Waals surface area (Å²) in [7, 11) is 0. The number of rotatable bonds is 0. The van der Waals surface area contributed by atoms with Gasteiger partial charge in [-0.3, -0.25) is 5.41 Å². The van der Waals surface area contributed by atoms with E-state index in [2.05, 4.69) is 0 Å². The van der Waals surface area contributed by atoms with Gasteiger partial charge in [0, 0.05) is 12.7 Å². The average molecular weight is 111 g/mol. The number of guanidine groups is 1. The van der Waals surface area contributed by atoms with Crippen LogP contribution in [-0.2, 0) is 0 Å². The van der Waals surface area contributed by atoms with Crippen LogP contribution in [0.3, 0.4) is 0 Å². The smallest absolute Gasteiger partial charge is 0.192 e. The predicted octanol–water partition coefficient (Wildman–Crippen LogP) is 0.0993. The first-order valence-electron chi connectivity index (χ1n) is 2.58. The van der Waals surface area contributed by atoms with E-state index < -0.39 is 0 Å². The Morgan fingerprint density at radius 2 is 2.50 bits per heavy atom. The van der Waals surface area contributed by atoms with Crippen molar-refractivity contribution in [1.29, 1.82) is 5.41 Å². The Hall–Kier alpha value is -0.990. The van der Waals surface area contributed by atoms with Gasteiger partial charge in [-0.1, -0.05) is 6.08 Å². The lowest BCUT2D eigenvalue weighted by Gasteiger charge is -2.10. The minimum Gasteiger partial charge on any atom is -0.370 e. The molecule has 0 aromatic carbocycles. The van der Waals surface area contributed by atoms with Crippen molar-refractivity contribution >= 4 is 5.96 Å². The molecule has 3 heteroatoms. The fraction of sp³-hybridized carbons (Fsp3) is 0.400. The van der Waals surface area contributed by atoms with Crippen LogP contribution in [0.4, 0.5) is 0 Å². The lowest BCUT2D eigenvalue weighted by Crippen LogP contribution is -2.30. The fourth-order valence-corrected chi connectivity index (χ4v) is 0.691. The molecular formula is C5H9N3. The van der Waals surface area contributed by atoms with Crippen molar-refractivity contribution in [3.63, 3.8) is 0 Å². The Kier molecular flexibility index (Phi) is 1.20. The topological polar surface area (TPSA) is 53.1 Å². The van der Waals surface area contributed by atoms with E-state index >= 15 is 0 Å². The summed E-state index contributed by atoms with van der Waals surface area (Å²) in [6.45, 7) is 0.870.